The van der Waals surface area contributed by atoms with E-state index < -0.39 is 0 Å². The van der Waals surface area contributed by atoms with Crippen molar-refractivity contribution in [2.75, 3.05) is 32.1 Å². The molecule has 0 saturated heterocycles. The maximum absolute atomic E-state index is 14.1. The highest BCUT2D eigenvalue weighted by Gasteiger charge is 2.56. The number of rotatable bonds is 5. The second-order valence-corrected chi connectivity index (χ2v) is 11.4. The van der Waals surface area contributed by atoms with E-state index in [0.717, 1.165) is 60.8 Å². The van der Waals surface area contributed by atoms with Crippen molar-refractivity contribution >= 4 is 45.0 Å². The van der Waals surface area contributed by atoms with Crippen LogP contribution in [0.5, 0.6) is 0 Å². The van der Waals surface area contributed by atoms with Crippen molar-refractivity contribution < 1.29 is 4.79 Å². The van der Waals surface area contributed by atoms with E-state index in [0.29, 0.717) is 5.91 Å². The van der Waals surface area contributed by atoms with Gasteiger partial charge in [-0.2, -0.15) is 0 Å². The highest BCUT2D eigenvalue weighted by molar-refractivity contribution is 7.22. The zero-order chi connectivity index (χ0) is 20.3. The van der Waals surface area contributed by atoms with Crippen molar-refractivity contribution in [2.24, 2.45) is 23.2 Å². The first-order chi connectivity index (χ1) is 13.8. The number of anilines is 1. The van der Waals surface area contributed by atoms with Gasteiger partial charge in [0.1, 0.15) is 0 Å². The Labute approximate surface area is 190 Å². The molecule has 6 heteroatoms. The third-order valence-corrected chi connectivity index (χ3v) is 8.78. The number of benzene rings is 1. The van der Waals surface area contributed by atoms with Gasteiger partial charge in [0.25, 0.3) is 0 Å². The predicted octanol–water partition coefficient (Wildman–Crippen LogP) is 5.45. The van der Waals surface area contributed by atoms with Crippen LogP contribution in [-0.4, -0.2) is 43.0 Å². The smallest absolute Gasteiger partial charge is 0.235 e. The minimum atomic E-state index is -0.121. The van der Waals surface area contributed by atoms with Crippen molar-refractivity contribution in [1.82, 2.24) is 9.88 Å². The van der Waals surface area contributed by atoms with Crippen LogP contribution in [-0.2, 0) is 4.79 Å². The van der Waals surface area contributed by atoms with Gasteiger partial charge in [-0.3, -0.25) is 9.69 Å². The fourth-order valence-electron chi connectivity index (χ4n) is 6.72. The van der Waals surface area contributed by atoms with Crippen molar-refractivity contribution in [3.63, 3.8) is 0 Å². The van der Waals surface area contributed by atoms with Crippen LogP contribution in [0.4, 0.5) is 5.13 Å². The van der Waals surface area contributed by atoms with Crippen LogP contribution in [0.1, 0.15) is 49.7 Å². The van der Waals surface area contributed by atoms with Crippen LogP contribution in [0, 0.1) is 37.0 Å². The molecule has 4 aliphatic carbocycles. The summed E-state index contributed by atoms with van der Waals surface area (Å²) in [4.78, 5) is 23.3. The molecule has 4 fully saturated rings. The lowest BCUT2D eigenvalue weighted by Crippen LogP contribution is -2.55. The largest absolute Gasteiger partial charge is 0.308 e. The van der Waals surface area contributed by atoms with Gasteiger partial charge < -0.3 is 4.90 Å². The number of carbonyl (C=O) groups excluding carboxylic acids is 1. The number of hydrogen-bond acceptors (Lipinski definition) is 4. The predicted molar refractivity (Wildman–Crippen MR) is 128 cm³/mol. The van der Waals surface area contributed by atoms with Crippen LogP contribution in [0.15, 0.2) is 12.1 Å². The average Bonchev–Trinajstić information content (AvgIpc) is 3.04. The van der Waals surface area contributed by atoms with Crippen LogP contribution in [0.2, 0.25) is 0 Å². The summed E-state index contributed by atoms with van der Waals surface area (Å²) in [6, 6.07) is 4.37. The normalized spacial score (nSPS) is 29.4. The fourth-order valence-corrected chi connectivity index (χ4v) is 7.76. The lowest BCUT2D eigenvalue weighted by Gasteiger charge is -2.56. The lowest BCUT2D eigenvalue weighted by atomic mass is 9.49. The Morgan fingerprint density at radius 1 is 1.07 bits per heavy atom. The van der Waals surface area contributed by atoms with Crippen molar-refractivity contribution in [2.45, 2.75) is 52.4 Å². The topological polar surface area (TPSA) is 36.4 Å². The Hall–Kier alpha value is -1.17. The Morgan fingerprint density at radius 3 is 2.23 bits per heavy atom. The van der Waals surface area contributed by atoms with E-state index in [1.165, 1.54) is 35.1 Å². The van der Waals surface area contributed by atoms with Gasteiger partial charge in [0.05, 0.1) is 15.6 Å². The highest BCUT2D eigenvalue weighted by Crippen LogP contribution is 2.60. The number of amides is 1. The standard InChI is InChI=1S/C24H33N3OS.ClH/c1-15-7-16(2)21-20(8-15)25-23(29-21)27(6-5-26(3)4)22(28)24-12-17-9-18(13-24)11-19(10-17)14-24;/h7-8,17-19H,5-6,9-14H2,1-4H3;1H. The Kier molecular flexibility index (Phi) is 5.93. The summed E-state index contributed by atoms with van der Waals surface area (Å²) in [7, 11) is 4.17. The number of carbonyl (C=O) groups is 1. The second-order valence-electron chi connectivity index (χ2n) is 10.4. The molecule has 30 heavy (non-hydrogen) atoms. The first-order valence-corrected chi connectivity index (χ1v) is 12.0. The molecule has 4 aliphatic rings. The maximum Gasteiger partial charge on any atom is 0.235 e. The SMILES string of the molecule is Cc1cc(C)c2sc(N(CCN(C)C)C(=O)C34CC5CC(CC(C5)C3)C4)nc2c1.Cl. The number of aryl methyl sites for hydroxylation is 2. The number of fused-ring (bicyclic) bond motifs is 1. The van der Waals surface area contributed by atoms with E-state index in [-0.39, 0.29) is 17.8 Å². The number of likely N-dealkylation sites (N-methyl/N-ethyl adjacent to an activating group) is 1. The summed E-state index contributed by atoms with van der Waals surface area (Å²) in [6.07, 6.45) is 7.43. The molecule has 1 aromatic carbocycles. The molecule has 4 bridgehead atoms. The molecule has 0 atom stereocenters. The minimum Gasteiger partial charge on any atom is -0.308 e. The quantitative estimate of drug-likeness (QED) is 0.611. The van der Waals surface area contributed by atoms with Crippen LogP contribution < -0.4 is 4.90 Å². The summed E-state index contributed by atoms with van der Waals surface area (Å²) < 4.78 is 1.22. The van der Waals surface area contributed by atoms with Gasteiger partial charge in [-0.15, -0.1) is 12.4 Å². The lowest BCUT2D eigenvalue weighted by molar-refractivity contribution is -0.143. The number of hydrogen-bond donors (Lipinski definition) is 0. The molecule has 1 amide bonds. The van der Waals surface area contributed by atoms with Crippen molar-refractivity contribution in [3.8, 4) is 0 Å². The number of nitrogens with zero attached hydrogens (tertiary/aromatic N) is 3. The van der Waals surface area contributed by atoms with E-state index in [4.69, 9.17) is 4.98 Å². The molecule has 4 saturated carbocycles. The second kappa shape index (κ2) is 8.07. The number of thiazole rings is 1. The van der Waals surface area contributed by atoms with Crippen LogP contribution in [0.3, 0.4) is 0 Å². The molecule has 0 unspecified atom stereocenters. The van der Waals surface area contributed by atoms with Crippen LogP contribution in [0.25, 0.3) is 10.2 Å². The summed E-state index contributed by atoms with van der Waals surface area (Å²) in [5.41, 5.74) is 3.41. The Bertz CT molecular complexity index is 918. The molecular weight excluding hydrogens is 414 g/mol. The van der Waals surface area contributed by atoms with Gasteiger partial charge in [-0.25, -0.2) is 4.98 Å². The van der Waals surface area contributed by atoms with Gasteiger partial charge >= 0.3 is 0 Å². The summed E-state index contributed by atoms with van der Waals surface area (Å²) in [6.45, 7) is 5.87. The highest BCUT2D eigenvalue weighted by atomic mass is 35.5. The third kappa shape index (κ3) is 3.78. The van der Waals surface area contributed by atoms with E-state index in [1.54, 1.807) is 11.3 Å². The molecule has 4 nitrogen and oxygen atoms in total. The molecule has 0 aliphatic heterocycles. The number of aromatic nitrogens is 1. The Balaban J connectivity index is 0.00000218. The molecule has 0 spiro atoms. The number of halogens is 1. The molecule has 1 aromatic heterocycles. The first kappa shape index (κ1) is 22.0. The van der Waals surface area contributed by atoms with Crippen molar-refractivity contribution in [1.29, 1.82) is 0 Å². The molecule has 0 radical (unpaired) electrons. The van der Waals surface area contributed by atoms with E-state index in [9.17, 15) is 4.79 Å². The van der Waals surface area contributed by atoms with Crippen LogP contribution >= 0.6 is 23.7 Å². The molecule has 0 N–H and O–H groups in total. The molecule has 6 rings (SSSR count). The average molecular weight is 448 g/mol. The summed E-state index contributed by atoms with van der Waals surface area (Å²) in [5.74, 6) is 2.70. The molecule has 2 aromatic rings. The minimum absolute atomic E-state index is 0. The summed E-state index contributed by atoms with van der Waals surface area (Å²) in [5, 5.41) is 0.899. The van der Waals surface area contributed by atoms with Crippen molar-refractivity contribution in [3.05, 3.63) is 23.3 Å². The fraction of sp³-hybridized carbons (Fsp3) is 0.667. The van der Waals surface area contributed by atoms with Gasteiger partial charge in [0, 0.05) is 13.1 Å². The van der Waals surface area contributed by atoms with E-state index >= 15 is 0 Å². The zero-order valence-corrected chi connectivity index (χ0v) is 20.2. The van der Waals surface area contributed by atoms with Gasteiger partial charge in [0.2, 0.25) is 5.91 Å². The first-order valence-electron chi connectivity index (χ1n) is 11.2. The summed E-state index contributed by atoms with van der Waals surface area (Å²) >= 11 is 1.70. The zero-order valence-electron chi connectivity index (χ0n) is 18.6. The van der Waals surface area contributed by atoms with E-state index in [2.05, 4.69) is 49.9 Å². The molecular formula is C24H34ClN3OS. The Morgan fingerprint density at radius 2 is 1.67 bits per heavy atom. The third-order valence-electron chi connectivity index (χ3n) is 7.55. The molecule has 164 valence electrons. The van der Waals surface area contributed by atoms with Gasteiger partial charge in [0.15, 0.2) is 5.13 Å². The van der Waals surface area contributed by atoms with Gasteiger partial charge in [-0.05, 0) is 101 Å². The van der Waals surface area contributed by atoms with Gasteiger partial charge in [-0.1, -0.05) is 17.4 Å². The monoisotopic (exact) mass is 447 g/mol. The van der Waals surface area contributed by atoms with E-state index in [1.807, 2.05) is 0 Å². The molecule has 1 heterocycles. The maximum atomic E-state index is 14.1.